The Labute approximate surface area is 208 Å². The molecule has 1 fully saturated rings. The molecular weight excluding hydrogens is 452 g/mol. The molecule has 2 aromatic heterocycles. The van der Waals surface area contributed by atoms with Crippen molar-refractivity contribution in [3.05, 3.63) is 87.1 Å². The Bertz CT molecular complexity index is 1580. The van der Waals surface area contributed by atoms with Gasteiger partial charge in [-0.2, -0.15) is 10.1 Å². The number of amides is 1. The van der Waals surface area contributed by atoms with Crippen molar-refractivity contribution < 1.29 is 4.79 Å². The molecule has 8 nitrogen and oxygen atoms in total. The molecule has 182 valence electrons. The van der Waals surface area contributed by atoms with Crippen molar-refractivity contribution in [1.82, 2.24) is 24.6 Å². The van der Waals surface area contributed by atoms with Crippen LogP contribution in [0.5, 0.6) is 0 Å². The molecule has 1 aliphatic heterocycles. The van der Waals surface area contributed by atoms with E-state index in [1.54, 1.807) is 11.6 Å². The van der Waals surface area contributed by atoms with E-state index in [-0.39, 0.29) is 17.9 Å². The first kappa shape index (κ1) is 22.4. The quantitative estimate of drug-likeness (QED) is 0.436. The molecule has 1 saturated carbocycles. The zero-order valence-corrected chi connectivity index (χ0v) is 20.5. The first-order valence-electron chi connectivity index (χ1n) is 12.5. The summed E-state index contributed by atoms with van der Waals surface area (Å²) in [4.78, 5) is 30.2. The van der Waals surface area contributed by atoms with E-state index < -0.39 is 0 Å². The lowest BCUT2D eigenvalue weighted by Gasteiger charge is -2.15. The summed E-state index contributed by atoms with van der Waals surface area (Å²) >= 11 is 0. The van der Waals surface area contributed by atoms with E-state index >= 15 is 0 Å². The number of nitrogens with zero attached hydrogens (tertiary/aromatic N) is 5. The van der Waals surface area contributed by atoms with Crippen LogP contribution >= 0.6 is 0 Å². The monoisotopic (exact) mass is 480 g/mol. The molecule has 0 unspecified atom stereocenters. The third-order valence-electron chi connectivity index (χ3n) is 7.01. The van der Waals surface area contributed by atoms with Crippen molar-refractivity contribution in [3.63, 3.8) is 0 Å². The number of fused-ring (bicyclic) bond motifs is 1. The molecule has 2 aromatic carbocycles. The lowest BCUT2D eigenvalue weighted by atomic mass is 9.91. The number of rotatable bonds is 7. The van der Waals surface area contributed by atoms with Gasteiger partial charge in [0.25, 0.3) is 5.56 Å². The van der Waals surface area contributed by atoms with Crippen LogP contribution in [0.1, 0.15) is 66.7 Å². The van der Waals surface area contributed by atoms with Crippen LogP contribution in [0.4, 0.5) is 0 Å². The number of aromatic nitrogens is 4. The highest BCUT2D eigenvalue weighted by Crippen LogP contribution is 2.38. The van der Waals surface area contributed by atoms with E-state index in [9.17, 15) is 9.59 Å². The Balaban J connectivity index is 1.47. The second-order valence-electron chi connectivity index (χ2n) is 9.69. The number of hydrogen-bond donors (Lipinski definition) is 1. The maximum atomic E-state index is 13.6. The van der Waals surface area contributed by atoms with Crippen LogP contribution in [0.15, 0.2) is 58.4 Å². The van der Waals surface area contributed by atoms with Gasteiger partial charge in [0.2, 0.25) is 11.7 Å². The molecule has 0 spiro atoms. The van der Waals surface area contributed by atoms with Crippen LogP contribution in [0.25, 0.3) is 16.9 Å². The number of aryl methyl sites for hydroxylation is 2. The van der Waals surface area contributed by atoms with Crippen LogP contribution in [-0.4, -0.2) is 30.8 Å². The minimum absolute atomic E-state index is 0.0376. The van der Waals surface area contributed by atoms with Gasteiger partial charge < -0.3 is 0 Å². The topological polar surface area (TPSA) is 93.6 Å². The number of carbonyl (C=O) groups is 1. The van der Waals surface area contributed by atoms with Crippen molar-refractivity contribution in [3.8, 4) is 11.1 Å². The molecule has 1 aliphatic carbocycles. The molecule has 3 heterocycles. The zero-order chi connectivity index (χ0) is 24.8. The van der Waals surface area contributed by atoms with Crippen molar-refractivity contribution >= 4 is 17.4 Å². The van der Waals surface area contributed by atoms with Crippen molar-refractivity contribution in [1.29, 1.82) is 0 Å². The number of nitrogens with one attached hydrogen (secondary N) is 1. The highest BCUT2D eigenvalue weighted by atomic mass is 16.2. The summed E-state index contributed by atoms with van der Waals surface area (Å²) in [6.07, 6.45) is 4.57. The molecule has 0 radical (unpaired) electrons. The third kappa shape index (κ3) is 3.92. The Kier molecular flexibility index (Phi) is 5.51. The lowest BCUT2D eigenvalue weighted by molar-refractivity contribution is -0.119. The normalized spacial score (nSPS) is 15.4. The van der Waals surface area contributed by atoms with Gasteiger partial charge in [0.05, 0.1) is 17.8 Å². The van der Waals surface area contributed by atoms with Gasteiger partial charge in [0.15, 0.2) is 5.82 Å². The lowest BCUT2D eigenvalue weighted by Crippen LogP contribution is -2.27. The summed E-state index contributed by atoms with van der Waals surface area (Å²) in [5.41, 5.74) is 8.87. The van der Waals surface area contributed by atoms with Gasteiger partial charge in [-0.3, -0.25) is 14.2 Å². The average molecular weight is 481 g/mol. The minimum atomic E-state index is -0.114. The van der Waals surface area contributed by atoms with Crippen molar-refractivity contribution in [2.75, 3.05) is 0 Å². The fraction of sp³-hybridized carbons (Fsp3) is 0.321. The maximum Gasteiger partial charge on any atom is 0.258 e. The molecule has 1 N–H and O–H groups in total. The van der Waals surface area contributed by atoms with E-state index in [1.165, 1.54) is 0 Å². The largest absolute Gasteiger partial charge is 0.280 e. The van der Waals surface area contributed by atoms with Gasteiger partial charge in [-0.25, -0.2) is 9.94 Å². The maximum absolute atomic E-state index is 13.6. The van der Waals surface area contributed by atoms with E-state index in [2.05, 4.69) is 47.8 Å². The number of benzene rings is 2. The Morgan fingerprint density at radius 3 is 2.56 bits per heavy atom. The smallest absolute Gasteiger partial charge is 0.258 e. The number of carbonyl (C=O) groups excluding carboxylic acids is 1. The summed E-state index contributed by atoms with van der Waals surface area (Å²) in [5, 5.41) is 9.12. The molecule has 8 heteroatoms. The van der Waals surface area contributed by atoms with E-state index in [4.69, 9.17) is 10.1 Å². The summed E-state index contributed by atoms with van der Waals surface area (Å²) in [5.74, 6) is 1.75. The van der Waals surface area contributed by atoms with Crippen LogP contribution in [0, 0.1) is 0 Å². The Hall–Kier alpha value is -4.07. The molecule has 4 aromatic rings. The van der Waals surface area contributed by atoms with Gasteiger partial charge >= 0.3 is 0 Å². The van der Waals surface area contributed by atoms with Crippen LogP contribution in [0.3, 0.4) is 0 Å². The molecule has 36 heavy (non-hydrogen) atoms. The average Bonchev–Trinajstić information content (AvgIpc) is 3.50. The predicted octanol–water partition coefficient (Wildman–Crippen LogP) is 3.74. The molecular formula is C28H28N6O2. The summed E-state index contributed by atoms with van der Waals surface area (Å²) in [6, 6.07) is 16.3. The number of hydrazone groups is 1. The summed E-state index contributed by atoms with van der Waals surface area (Å²) in [7, 11) is 1.77. The molecule has 0 saturated heterocycles. The van der Waals surface area contributed by atoms with Crippen molar-refractivity contribution in [2.24, 2.45) is 12.1 Å². The molecule has 0 bridgehead atoms. The summed E-state index contributed by atoms with van der Waals surface area (Å²) in [6.45, 7) is 2.11. The molecule has 0 atom stereocenters. The molecule has 1 amide bonds. The van der Waals surface area contributed by atoms with Crippen LogP contribution in [0.2, 0.25) is 0 Å². The number of hydrogen-bond acceptors (Lipinski definition) is 5. The summed E-state index contributed by atoms with van der Waals surface area (Å²) < 4.78 is 3.51. The Morgan fingerprint density at radius 2 is 1.86 bits per heavy atom. The van der Waals surface area contributed by atoms with Gasteiger partial charge in [-0.05, 0) is 42.0 Å². The first-order valence-corrected chi connectivity index (χ1v) is 12.5. The highest BCUT2D eigenvalue weighted by Gasteiger charge is 2.30. The fourth-order valence-corrected chi connectivity index (χ4v) is 4.98. The van der Waals surface area contributed by atoms with Crippen LogP contribution in [-0.2, 0) is 24.7 Å². The Morgan fingerprint density at radius 1 is 1.06 bits per heavy atom. The van der Waals surface area contributed by atoms with E-state index in [1.807, 2.05) is 22.7 Å². The SMILES string of the molecule is CCCc1c(Cc2ccc(-c3ccccc3)c(C3=NNC(=O)C3)c2)c(=O)n(C)c2nc(C3CC3)nn12. The van der Waals surface area contributed by atoms with Gasteiger partial charge in [0, 0.05) is 30.5 Å². The first-order chi connectivity index (χ1) is 17.5. The zero-order valence-electron chi connectivity index (χ0n) is 20.5. The second-order valence-corrected chi connectivity index (χ2v) is 9.69. The molecule has 6 rings (SSSR count). The minimum Gasteiger partial charge on any atom is -0.280 e. The van der Waals surface area contributed by atoms with Crippen molar-refractivity contribution in [2.45, 2.75) is 51.4 Å². The van der Waals surface area contributed by atoms with Crippen LogP contribution < -0.4 is 11.0 Å². The van der Waals surface area contributed by atoms with E-state index in [0.29, 0.717) is 23.8 Å². The van der Waals surface area contributed by atoms with Gasteiger partial charge in [0.1, 0.15) is 0 Å². The standard InChI is InChI=1S/C28H28N6O2/c1-3-7-24-22(27(36)33(2)28-29-26(19-11-12-19)32-34(24)28)15-17-10-13-20(18-8-5-4-6-9-18)21(14-17)23-16-25(35)31-30-23/h4-6,8-10,13-14,19H,3,7,11-12,15-16H2,1-2H3,(H,31,35). The highest BCUT2D eigenvalue weighted by molar-refractivity contribution is 6.16. The van der Waals surface area contributed by atoms with Gasteiger partial charge in [-0.1, -0.05) is 55.8 Å². The fourth-order valence-electron chi connectivity index (χ4n) is 4.98. The second kappa shape index (κ2) is 8.86. The van der Waals surface area contributed by atoms with E-state index in [0.717, 1.165) is 65.0 Å². The van der Waals surface area contributed by atoms with Gasteiger partial charge in [-0.15, -0.1) is 5.10 Å². The predicted molar refractivity (Wildman–Crippen MR) is 138 cm³/mol. The third-order valence-corrected chi connectivity index (χ3v) is 7.01. The molecule has 2 aliphatic rings.